The summed E-state index contributed by atoms with van der Waals surface area (Å²) >= 11 is 0. The van der Waals surface area contributed by atoms with E-state index in [1.807, 2.05) is 37.3 Å². The summed E-state index contributed by atoms with van der Waals surface area (Å²) in [7, 11) is 0. The van der Waals surface area contributed by atoms with Crippen LogP contribution in [0.2, 0.25) is 0 Å². The third-order valence-electron chi connectivity index (χ3n) is 4.53. The van der Waals surface area contributed by atoms with Gasteiger partial charge in [-0.3, -0.25) is 4.79 Å². The number of halogens is 3. The van der Waals surface area contributed by atoms with Crippen molar-refractivity contribution in [3.8, 4) is 17.1 Å². The summed E-state index contributed by atoms with van der Waals surface area (Å²) in [5, 5.41) is 6.78. The lowest BCUT2D eigenvalue weighted by Crippen LogP contribution is -2.33. The Morgan fingerprint density at radius 2 is 1.80 bits per heavy atom. The van der Waals surface area contributed by atoms with E-state index in [9.17, 15) is 18.0 Å². The minimum Gasteiger partial charge on any atom is -0.406 e. The smallest absolute Gasteiger partial charge is 0.406 e. The Bertz CT molecular complexity index is 983. The summed E-state index contributed by atoms with van der Waals surface area (Å²) in [6, 6.07) is 14.9. The maximum absolute atomic E-state index is 12.8. The van der Waals surface area contributed by atoms with Gasteiger partial charge in [0.2, 0.25) is 0 Å². The van der Waals surface area contributed by atoms with Gasteiger partial charge in [-0.1, -0.05) is 35.5 Å². The van der Waals surface area contributed by atoms with Crippen LogP contribution in [0.1, 0.15) is 35.0 Å². The highest BCUT2D eigenvalue weighted by atomic mass is 19.4. The minimum absolute atomic E-state index is 0.0950. The largest absolute Gasteiger partial charge is 0.573 e. The lowest BCUT2D eigenvalue weighted by Gasteiger charge is -2.14. The molecule has 1 atom stereocenters. The molecule has 1 aromatic heterocycles. The van der Waals surface area contributed by atoms with Crippen molar-refractivity contribution >= 4 is 5.91 Å². The summed E-state index contributed by atoms with van der Waals surface area (Å²) in [5.74, 6) is -0.512. The molecule has 0 spiro atoms. The van der Waals surface area contributed by atoms with Crippen LogP contribution in [0.4, 0.5) is 13.2 Å². The van der Waals surface area contributed by atoms with Gasteiger partial charge in [0, 0.05) is 11.6 Å². The maximum Gasteiger partial charge on any atom is 0.573 e. The second-order valence-electron chi connectivity index (χ2n) is 6.94. The number of alkyl halides is 3. The molecule has 0 radical (unpaired) electrons. The van der Waals surface area contributed by atoms with E-state index in [4.69, 9.17) is 4.52 Å². The van der Waals surface area contributed by atoms with Crippen LogP contribution in [0.3, 0.4) is 0 Å². The molecule has 1 amide bonds. The summed E-state index contributed by atoms with van der Waals surface area (Å²) in [6.45, 7) is 3.55. The molecular weight excluding hydrogens is 397 g/mol. The van der Waals surface area contributed by atoms with Gasteiger partial charge in [0.05, 0.1) is 5.69 Å². The first-order valence-corrected chi connectivity index (χ1v) is 9.40. The van der Waals surface area contributed by atoms with E-state index in [2.05, 4.69) is 15.2 Å². The fourth-order valence-corrected chi connectivity index (χ4v) is 3.04. The highest BCUT2D eigenvalue weighted by Crippen LogP contribution is 2.30. The van der Waals surface area contributed by atoms with E-state index in [0.717, 1.165) is 25.0 Å². The number of amides is 1. The van der Waals surface area contributed by atoms with Crippen LogP contribution in [-0.2, 0) is 6.42 Å². The van der Waals surface area contributed by atoms with Crippen LogP contribution in [0.5, 0.6) is 5.75 Å². The lowest BCUT2D eigenvalue weighted by molar-refractivity contribution is -0.274. The Hall–Kier alpha value is -3.29. The molecule has 158 valence electrons. The molecule has 1 heterocycles. The normalized spacial score (nSPS) is 12.4. The predicted octanol–water partition coefficient (Wildman–Crippen LogP) is 5.30. The molecule has 0 aliphatic carbocycles. The van der Waals surface area contributed by atoms with Gasteiger partial charge in [-0.05, 0) is 56.5 Å². The van der Waals surface area contributed by atoms with E-state index < -0.39 is 6.36 Å². The number of nitrogens with one attached hydrogen (secondary N) is 1. The first-order valence-electron chi connectivity index (χ1n) is 9.40. The second-order valence-corrected chi connectivity index (χ2v) is 6.94. The number of carbonyl (C=O) groups is 1. The van der Waals surface area contributed by atoms with E-state index in [1.165, 1.54) is 17.7 Å². The predicted molar refractivity (Wildman–Crippen MR) is 105 cm³/mol. The molecule has 1 N–H and O–H groups in total. The van der Waals surface area contributed by atoms with Crippen LogP contribution in [0, 0.1) is 6.92 Å². The number of hydrogen-bond acceptors (Lipinski definition) is 4. The zero-order chi connectivity index (χ0) is 21.7. The fraction of sp³-hybridized carbons (Fsp3) is 0.273. The molecule has 0 saturated carbocycles. The van der Waals surface area contributed by atoms with Crippen molar-refractivity contribution in [1.29, 1.82) is 0 Å². The Labute approximate surface area is 171 Å². The zero-order valence-electron chi connectivity index (χ0n) is 16.5. The number of ether oxygens (including phenoxy) is 1. The molecular formula is C22H21F3N2O3. The zero-order valence-corrected chi connectivity index (χ0v) is 16.5. The third-order valence-corrected chi connectivity index (χ3v) is 4.53. The molecule has 0 aliphatic rings. The van der Waals surface area contributed by atoms with Gasteiger partial charge in [0.1, 0.15) is 11.3 Å². The van der Waals surface area contributed by atoms with Crippen LogP contribution in [0.25, 0.3) is 11.3 Å². The molecule has 5 nitrogen and oxygen atoms in total. The van der Waals surface area contributed by atoms with Crippen LogP contribution < -0.4 is 10.1 Å². The average molecular weight is 418 g/mol. The van der Waals surface area contributed by atoms with Crippen molar-refractivity contribution in [1.82, 2.24) is 10.5 Å². The van der Waals surface area contributed by atoms with E-state index in [-0.39, 0.29) is 29.0 Å². The van der Waals surface area contributed by atoms with Crippen LogP contribution in [0.15, 0.2) is 59.1 Å². The quantitative estimate of drug-likeness (QED) is 0.566. The van der Waals surface area contributed by atoms with Gasteiger partial charge >= 0.3 is 6.36 Å². The summed E-state index contributed by atoms with van der Waals surface area (Å²) in [4.78, 5) is 12.8. The Kier molecular flexibility index (Phi) is 6.44. The van der Waals surface area contributed by atoms with Gasteiger partial charge in [-0.25, -0.2) is 0 Å². The molecule has 3 aromatic rings. The molecule has 2 aromatic carbocycles. The first-order chi connectivity index (χ1) is 14.2. The Balaban J connectivity index is 1.69. The molecule has 0 unspecified atom stereocenters. The number of hydrogen-bond donors (Lipinski definition) is 1. The Morgan fingerprint density at radius 3 is 2.43 bits per heavy atom. The number of carbonyl (C=O) groups excluding carboxylic acids is 1. The summed E-state index contributed by atoms with van der Waals surface area (Å²) in [6.07, 6.45) is -3.21. The first kappa shape index (κ1) is 21.4. The molecule has 30 heavy (non-hydrogen) atoms. The fourth-order valence-electron chi connectivity index (χ4n) is 3.04. The van der Waals surface area contributed by atoms with Crippen molar-refractivity contribution in [3.05, 3.63) is 71.4 Å². The van der Waals surface area contributed by atoms with Gasteiger partial charge in [0.25, 0.3) is 5.91 Å². The SMILES string of the molecule is Cc1noc(-c2ccc(OC(F)(F)F)cc2)c1C(=O)N[C@H](C)CCc1ccccc1. The van der Waals surface area contributed by atoms with Crippen molar-refractivity contribution < 1.29 is 27.2 Å². The molecule has 0 fully saturated rings. The molecule has 0 aliphatic heterocycles. The highest BCUT2D eigenvalue weighted by molar-refractivity contribution is 6.00. The molecule has 0 bridgehead atoms. The highest BCUT2D eigenvalue weighted by Gasteiger charge is 2.31. The molecule has 8 heteroatoms. The topological polar surface area (TPSA) is 64.4 Å². The maximum atomic E-state index is 12.8. The van der Waals surface area contributed by atoms with Crippen LogP contribution in [-0.4, -0.2) is 23.5 Å². The van der Waals surface area contributed by atoms with E-state index in [0.29, 0.717) is 11.3 Å². The standard InChI is InChI=1S/C22H21F3N2O3/c1-14(8-9-16-6-4-3-5-7-16)26-21(28)19-15(2)27-30-20(19)17-10-12-18(13-11-17)29-22(23,24)25/h3-7,10-14H,8-9H2,1-2H3,(H,26,28)/t14-/m1/s1. The second kappa shape index (κ2) is 9.02. The molecule has 0 saturated heterocycles. The van der Waals surface area contributed by atoms with Gasteiger partial charge < -0.3 is 14.6 Å². The Morgan fingerprint density at radius 1 is 1.13 bits per heavy atom. The number of aromatic nitrogens is 1. The van der Waals surface area contributed by atoms with Crippen molar-refractivity contribution in [2.45, 2.75) is 39.1 Å². The summed E-state index contributed by atoms with van der Waals surface area (Å²) < 4.78 is 46.1. The minimum atomic E-state index is -4.77. The average Bonchev–Trinajstić information content (AvgIpc) is 3.08. The van der Waals surface area contributed by atoms with Gasteiger partial charge in [-0.15, -0.1) is 13.2 Å². The van der Waals surface area contributed by atoms with Crippen molar-refractivity contribution in [2.24, 2.45) is 0 Å². The van der Waals surface area contributed by atoms with Crippen molar-refractivity contribution in [2.75, 3.05) is 0 Å². The van der Waals surface area contributed by atoms with Crippen LogP contribution >= 0.6 is 0 Å². The number of aryl methyl sites for hydroxylation is 2. The van der Waals surface area contributed by atoms with Gasteiger partial charge in [-0.2, -0.15) is 0 Å². The lowest BCUT2D eigenvalue weighted by atomic mass is 10.0. The third kappa shape index (κ3) is 5.62. The molecule has 3 rings (SSSR count). The van der Waals surface area contributed by atoms with E-state index in [1.54, 1.807) is 6.92 Å². The van der Waals surface area contributed by atoms with Gasteiger partial charge in [0.15, 0.2) is 5.76 Å². The summed E-state index contributed by atoms with van der Waals surface area (Å²) in [5.41, 5.74) is 2.26. The number of nitrogens with zero attached hydrogens (tertiary/aromatic N) is 1. The number of rotatable bonds is 7. The van der Waals surface area contributed by atoms with E-state index >= 15 is 0 Å². The van der Waals surface area contributed by atoms with Crippen molar-refractivity contribution in [3.63, 3.8) is 0 Å². The monoisotopic (exact) mass is 418 g/mol. The number of benzene rings is 2.